The van der Waals surface area contributed by atoms with E-state index in [-0.39, 0.29) is 25.0 Å². The molecule has 1 spiro atoms. The van der Waals surface area contributed by atoms with Crippen LogP contribution in [-0.2, 0) is 23.9 Å². The maximum absolute atomic E-state index is 13.8. The van der Waals surface area contributed by atoms with Gasteiger partial charge in [0.2, 0.25) is 11.8 Å². The van der Waals surface area contributed by atoms with Crippen molar-refractivity contribution in [1.29, 1.82) is 0 Å². The zero-order valence-electron chi connectivity index (χ0n) is 18.5. The summed E-state index contributed by atoms with van der Waals surface area (Å²) in [5.41, 5.74) is -1.73. The first-order valence-electron chi connectivity index (χ1n) is 11.1. The highest BCUT2D eigenvalue weighted by Crippen LogP contribution is 2.53. The number of likely N-dealkylation sites (tertiary alicyclic amines) is 1. The number of esters is 1. The Kier molecular flexibility index (Phi) is 5.72. The molecule has 0 radical (unpaired) electrons. The molecule has 31 heavy (non-hydrogen) atoms. The summed E-state index contributed by atoms with van der Waals surface area (Å²) >= 11 is 0. The van der Waals surface area contributed by atoms with Gasteiger partial charge in [-0.05, 0) is 40.0 Å². The molecule has 2 fully saturated rings. The lowest BCUT2D eigenvalue weighted by Gasteiger charge is -2.40. The van der Waals surface area contributed by atoms with Gasteiger partial charge in [-0.1, -0.05) is 24.3 Å². The van der Waals surface area contributed by atoms with E-state index in [9.17, 15) is 19.5 Å². The molecule has 2 saturated heterocycles. The average Bonchev–Trinajstić information content (AvgIpc) is 3.07. The Morgan fingerprint density at radius 3 is 2.65 bits per heavy atom. The largest absolute Gasteiger partial charge is 0.465 e. The Labute approximate surface area is 182 Å². The van der Waals surface area contributed by atoms with Gasteiger partial charge in [0.05, 0.1) is 25.2 Å². The number of carbonyl (C=O) groups excluding carboxylic acids is 3. The summed E-state index contributed by atoms with van der Waals surface area (Å²) in [6.07, 6.45) is 9.35. The number of fused-ring (bicyclic) bond motifs is 2. The molecule has 4 rings (SSSR count). The molecule has 0 bridgehead atoms. The number of cyclic esters (lactones) is 1. The van der Waals surface area contributed by atoms with E-state index in [0.29, 0.717) is 13.2 Å². The van der Waals surface area contributed by atoms with Crippen molar-refractivity contribution in [3.8, 4) is 0 Å². The van der Waals surface area contributed by atoms with Gasteiger partial charge >= 0.3 is 5.97 Å². The Morgan fingerprint density at radius 2 is 1.94 bits per heavy atom. The minimum absolute atomic E-state index is 0.00491. The van der Waals surface area contributed by atoms with Crippen LogP contribution in [0.5, 0.6) is 0 Å². The third-order valence-corrected chi connectivity index (χ3v) is 6.75. The van der Waals surface area contributed by atoms with Crippen LogP contribution in [0.25, 0.3) is 0 Å². The minimum atomic E-state index is -1.27. The van der Waals surface area contributed by atoms with E-state index in [2.05, 4.69) is 0 Å². The molecule has 1 unspecified atom stereocenters. The number of nitrogens with zero attached hydrogens (tertiary/aromatic N) is 2. The lowest BCUT2D eigenvalue weighted by molar-refractivity contribution is -0.155. The number of hydrogen-bond acceptors (Lipinski definition) is 6. The number of rotatable bonds is 2. The number of carbonyl (C=O) groups is 3. The predicted octanol–water partition coefficient (Wildman–Crippen LogP) is 1.04. The van der Waals surface area contributed by atoms with Gasteiger partial charge < -0.3 is 24.4 Å². The molecule has 2 amide bonds. The fourth-order valence-electron chi connectivity index (χ4n) is 5.37. The molecule has 8 nitrogen and oxygen atoms in total. The quantitative estimate of drug-likeness (QED) is 0.517. The normalized spacial score (nSPS) is 37.1. The molecule has 170 valence electrons. The Morgan fingerprint density at radius 1 is 1.16 bits per heavy atom. The summed E-state index contributed by atoms with van der Waals surface area (Å²) in [5, 5.41) is 9.63. The predicted molar refractivity (Wildman–Crippen MR) is 112 cm³/mol. The van der Waals surface area contributed by atoms with Gasteiger partial charge in [0.1, 0.15) is 17.6 Å². The molecule has 4 aliphatic heterocycles. The van der Waals surface area contributed by atoms with Gasteiger partial charge in [0.25, 0.3) is 0 Å². The monoisotopic (exact) mass is 432 g/mol. The molecule has 0 aromatic carbocycles. The molecule has 4 aliphatic rings. The maximum atomic E-state index is 13.8. The summed E-state index contributed by atoms with van der Waals surface area (Å²) in [6, 6.07) is -0.936. The van der Waals surface area contributed by atoms with Crippen LogP contribution in [0.4, 0.5) is 0 Å². The summed E-state index contributed by atoms with van der Waals surface area (Å²) in [5.74, 6) is -2.74. The number of hydrogen-bond donors (Lipinski definition) is 1. The van der Waals surface area contributed by atoms with Crippen LogP contribution in [0.2, 0.25) is 0 Å². The molecule has 8 heteroatoms. The summed E-state index contributed by atoms with van der Waals surface area (Å²) in [7, 11) is 0. The van der Waals surface area contributed by atoms with Crippen LogP contribution in [0.1, 0.15) is 40.0 Å². The zero-order valence-corrected chi connectivity index (χ0v) is 18.5. The van der Waals surface area contributed by atoms with E-state index in [4.69, 9.17) is 9.47 Å². The molecule has 1 N–H and O–H groups in total. The standard InChI is InChI=1S/C23H32N2O6/c1-22(2,3)25-11-8-10-23-17(19(27)24(12-13-26)18(23)20(25)28)16-15(31-23)9-6-4-5-7-14-30-21(16)29/h6,8-10,15-18,26H,4-5,7,11-14H2,1-3H3/b9-6-/t15-,16+,17+,18?,23+/m1/s1. The number of aliphatic hydroxyl groups excluding tert-OH is 1. The maximum Gasteiger partial charge on any atom is 0.312 e. The topological polar surface area (TPSA) is 96.4 Å². The molecule has 0 aromatic heterocycles. The second-order valence-electron chi connectivity index (χ2n) is 9.71. The third-order valence-electron chi connectivity index (χ3n) is 6.75. The van der Waals surface area contributed by atoms with Crippen molar-refractivity contribution in [2.75, 3.05) is 26.3 Å². The van der Waals surface area contributed by atoms with Gasteiger partial charge in [0, 0.05) is 18.6 Å². The minimum Gasteiger partial charge on any atom is -0.465 e. The van der Waals surface area contributed by atoms with E-state index in [1.807, 2.05) is 39.0 Å². The Balaban J connectivity index is 1.83. The van der Waals surface area contributed by atoms with E-state index < -0.39 is 41.1 Å². The van der Waals surface area contributed by atoms with Crippen LogP contribution in [0, 0.1) is 11.8 Å². The van der Waals surface area contributed by atoms with Gasteiger partial charge in [-0.25, -0.2) is 0 Å². The Hall–Kier alpha value is -2.19. The molecule has 0 aliphatic carbocycles. The number of β-amino-alcohol motifs (C(OH)–C–C–N with tert-alkyl or cyclic N) is 1. The second kappa shape index (κ2) is 8.06. The lowest BCUT2D eigenvalue weighted by Crippen LogP contribution is -2.58. The van der Waals surface area contributed by atoms with Crippen molar-refractivity contribution in [1.82, 2.24) is 9.80 Å². The summed E-state index contributed by atoms with van der Waals surface area (Å²) in [6.45, 7) is 6.24. The molecule has 4 heterocycles. The number of amides is 2. The van der Waals surface area contributed by atoms with E-state index >= 15 is 0 Å². The first kappa shape index (κ1) is 22.0. The van der Waals surface area contributed by atoms with Crippen molar-refractivity contribution in [3.63, 3.8) is 0 Å². The van der Waals surface area contributed by atoms with Crippen LogP contribution in [-0.4, -0.2) is 82.3 Å². The average molecular weight is 433 g/mol. The highest BCUT2D eigenvalue weighted by Gasteiger charge is 2.71. The lowest BCUT2D eigenvalue weighted by atomic mass is 9.77. The molecule has 0 saturated carbocycles. The van der Waals surface area contributed by atoms with Crippen molar-refractivity contribution in [2.24, 2.45) is 11.8 Å². The van der Waals surface area contributed by atoms with Crippen LogP contribution >= 0.6 is 0 Å². The highest BCUT2D eigenvalue weighted by molar-refractivity contribution is 5.99. The van der Waals surface area contributed by atoms with Crippen molar-refractivity contribution >= 4 is 17.8 Å². The summed E-state index contributed by atoms with van der Waals surface area (Å²) < 4.78 is 12.0. The van der Waals surface area contributed by atoms with E-state index in [1.165, 1.54) is 4.90 Å². The van der Waals surface area contributed by atoms with Crippen molar-refractivity contribution in [2.45, 2.75) is 63.3 Å². The van der Waals surface area contributed by atoms with Crippen LogP contribution in [0.15, 0.2) is 24.3 Å². The number of ether oxygens (including phenoxy) is 2. The van der Waals surface area contributed by atoms with E-state index in [0.717, 1.165) is 19.3 Å². The van der Waals surface area contributed by atoms with Crippen molar-refractivity contribution < 1.29 is 29.0 Å². The third kappa shape index (κ3) is 3.49. The summed E-state index contributed by atoms with van der Waals surface area (Å²) in [4.78, 5) is 43.5. The molecule has 0 aromatic rings. The van der Waals surface area contributed by atoms with Gasteiger partial charge in [-0.2, -0.15) is 0 Å². The van der Waals surface area contributed by atoms with Crippen LogP contribution in [0.3, 0.4) is 0 Å². The van der Waals surface area contributed by atoms with Crippen LogP contribution < -0.4 is 0 Å². The number of allylic oxidation sites excluding steroid dienone is 1. The number of aliphatic hydroxyl groups is 1. The smallest absolute Gasteiger partial charge is 0.312 e. The highest BCUT2D eigenvalue weighted by atomic mass is 16.6. The first-order valence-corrected chi connectivity index (χ1v) is 11.1. The molecular weight excluding hydrogens is 400 g/mol. The van der Waals surface area contributed by atoms with Crippen molar-refractivity contribution in [3.05, 3.63) is 24.3 Å². The first-order chi connectivity index (χ1) is 14.7. The van der Waals surface area contributed by atoms with Gasteiger partial charge in [-0.3, -0.25) is 14.4 Å². The van der Waals surface area contributed by atoms with Gasteiger partial charge in [0.15, 0.2) is 0 Å². The fourth-order valence-corrected chi connectivity index (χ4v) is 5.37. The Bertz CT molecular complexity index is 815. The van der Waals surface area contributed by atoms with Gasteiger partial charge in [-0.15, -0.1) is 0 Å². The fraction of sp³-hybridized carbons (Fsp3) is 0.696. The zero-order chi connectivity index (χ0) is 22.4. The van der Waals surface area contributed by atoms with E-state index in [1.54, 1.807) is 11.0 Å². The SMILES string of the molecule is CC(C)(C)N1CC=C[C@]23O[C@@H]4/C=C\CCCCOC(=O)[C@@H]4[C@H]2C(=O)N(CCO)C3C1=O. The molecule has 5 atom stereocenters. The second-order valence-corrected chi connectivity index (χ2v) is 9.71. The molecular formula is C23H32N2O6.